The number of nitrogens with one attached hydrogen (secondary N) is 1. The van der Waals surface area contributed by atoms with E-state index in [0.29, 0.717) is 16.8 Å². The van der Waals surface area contributed by atoms with Crippen molar-refractivity contribution >= 4 is 17.4 Å². The number of carbonyl (C=O) groups is 2. The van der Waals surface area contributed by atoms with Crippen molar-refractivity contribution in [2.45, 2.75) is 26.7 Å². The second-order valence-corrected chi connectivity index (χ2v) is 6.64. The van der Waals surface area contributed by atoms with Crippen molar-refractivity contribution in [2.24, 2.45) is 0 Å². The van der Waals surface area contributed by atoms with Gasteiger partial charge in [0.2, 0.25) is 5.91 Å². The summed E-state index contributed by atoms with van der Waals surface area (Å²) < 4.78 is 0. The normalized spacial score (nSPS) is 10.4. The van der Waals surface area contributed by atoms with Crippen LogP contribution in [-0.4, -0.2) is 11.7 Å². The smallest absolute Gasteiger partial charge is 0.228 e. The zero-order valence-electron chi connectivity index (χ0n) is 15.7. The molecule has 0 fully saturated rings. The molecule has 3 aromatic rings. The monoisotopic (exact) mass is 357 g/mol. The van der Waals surface area contributed by atoms with E-state index in [9.17, 15) is 9.59 Å². The van der Waals surface area contributed by atoms with Gasteiger partial charge in [-0.2, -0.15) is 0 Å². The molecule has 0 saturated carbocycles. The highest BCUT2D eigenvalue weighted by Gasteiger charge is 2.15. The first-order valence-electron chi connectivity index (χ1n) is 9.15. The molecule has 3 rings (SSSR count). The van der Waals surface area contributed by atoms with Gasteiger partial charge in [0.15, 0.2) is 5.78 Å². The van der Waals surface area contributed by atoms with Crippen LogP contribution in [0.5, 0.6) is 0 Å². The third kappa shape index (κ3) is 4.70. The maximum Gasteiger partial charge on any atom is 0.228 e. The molecule has 1 N–H and O–H groups in total. The fraction of sp³-hybridized carbons (Fsp3) is 0.167. The van der Waals surface area contributed by atoms with E-state index in [-0.39, 0.29) is 18.1 Å². The molecule has 0 aliphatic rings. The minimum atomic E-state index is -0.134. The van der Waals surface area contributed by atoms with Gasteiger partial charge in [-0.25, -0.2) is 0 Å². The van der Waals surface area contributed by atoms with Crippen molar-refractivity contribution in [3.63, 3.8) is 0 Å². The Labute approximate surface area is 160 Å². The standard InChI is InChI=1S/C24H23NO2/c1-3-18-10-12-19(13-11-18)16-23(26)25-22-14-9-17(2)15-21(22)24(27)20-7-5-4-6-8-20/h4-15H,3,16H2,1-2H3,(H,25,26). The number of rotatable bonds is 6. The van der Waals surface area contributed by atoms with Crippen LogP contribution in [0, 0.1) is 6.92 Å². The highest BCUT2D eigenvalue weighted by atomic mass is 16.1. The van der Waals surface area contributed by atoms with Gasteiger partial charge in [0.1, 0.15) is 0 Å². The van der Waals surface area contributed by atoms with E-state index in [2.05, 4.69) is 12.2 Å². The summed E-state index contributed by atoms with van der Waals surface area (Å²) in [7, 11) is 0. The summed E-state index contributed by atoms with van der Waals surface area (Å²) in [6, 6.07) is 22.7. The molecule has 3 aromatic carbocycles. The third-order valence-electron chi connectivity index (χ3n) is 4.53. The molecule has 0 aromatic heterocycles. The van der Waals surface area contributed by atoms with Crippen LogP contribution in [0.1, 0.15) is 39.5 Å². The molecule has 0 saturated heterocycles. The lowest BCUT2D eigenvalue weighted by Gasteiger charge is -2.12. The van der Waals surface area contributed by atoms with E-state index >= 15 is 0 Å². The zero-order chi connectivity index (χ0) is 19.2. The maximum atomic E-state index is 12.9. The number of ketones is 1. The Morgan fingerprint density at radius 1 is 0.852 bits per heavy atom. The molecule has 0 heterocycles. The van der Waals surface area contributed by atoms with Gasteiger partial charge in [-0.3, -0.25) is 9.59 Å². The topological polar surface area (TPSA) is 46.2 Å². The maximum absolute atomic E-state index is 12.9. The molecule has 27 heavy (non-hydrogen) atoms. The van der Waals surface area contributed by atoms with Gasteiger partial charge in [-0.1, -0.05) is 73.2 Å². The van der Waals surface area contributed by atoms with Crippen LogP contribution >= 0.6 is 0 Å². The Hall–Kier alpha value is -3.20. The lowest BCUT2D eigenvalue weighted by molar-refractivity contribution is -0.115. The minimum Gasteiger partial charge on any atom is -0.325 e. The average molecular weight is 357 g/mol. The molecule has 0 atom stereocenters. The van der Waals surface area contributed by atoms with Crippen molar-refractivity contribution in [3.8, 4) is 0 Å². The fourth-order valence-electron chi connectivity index (χ4n) is 2.97. The van der Waals surface area contributed by atoms with Gasteiger partial charge in [0, 0.05) is 11.1 Å². The van der Waals surface area contributed by atoms with Gasteiger partial charge in [0.05, 0.1) is 12.1 Å². The Morgan fingerprint density at radius 3 is 2.19 bits per heavy atom. The molecule has 0 aliphatic heterocycles. The molecule has 0 radical (unpaired) electrons. The summed E-state index contributed by atoms with van der Waals surface area (Å²) in [5.74, 6) is -0.230. The Kier molecular flexibility index (Phi) is 5.82. The second kappa shape index (κ2) is 8.45. The molecule has 0 aliphatic carbocycles. The number of amides is 1. The lowest BCUT2D eigenvalue weighted by atomic mass is 9.99. The summed E-state index contributed by atoms with van der Waals surface area (Å²) >= 11 is 0. The number of anilines is 1. The summed E-state index contributed by atoms with van der Waals surface area (Å²) in [5, 5.41) is 2.91. The van der Waals surface area contributed by atoms with Crippen molar-refractivity contribution in [1.29, 1.82) is 0 Å². The Balaban J connectivity index is 1.80. The summed E-state index contributed by atoms with van der Waals surface area (Å²) in [6.45, 7) is 4.03. The van der Waals surface area contributed by atoms with Crippen LogP contribution in [0.4, 0.5) is 5.69 Å². The molecule has 0 bridgehead atoms. The van der Waals surface area contributed by atoms with Crippen molar-refractivity contribution in [2.75, 3.05) is 5.32 Å². The predicted octanol–water partition coefficient (Wildman–Crippen LogP) is 4.97. The third-order valence-corrected chi connectivity index (χ3v) is 4.53. The fourth-order valence-corrected chi connectivity index (χ4v) is 2.97. The molecule has 1 amide bonds. The van der Waals surface area contributed by atoms with Gasteiger partial charge in [0.25, 0.3) is 0 Å². The predicted molar refractivity (Wildman–Crippen MR) is 109 cm³/mol. The molecule has 136 valence electrons. The van der Waals surface area contributed by atoms with Crippen molar-refractivity contribution < 1.29 is 9.59 Å². The van der Waals surface area contributed by atoms with Gasteiger partial charge >= 0.3 is 0 Å². The van der Waals surface area contributed by atoms with Crippen molar-refractivity contribution in [3.05, 3.63) is 101 Å². The van der Waals surface area contributed by atoms with Crippen LogP contribution < -0.4 is 5.32 Å². The van der Waals surface area contributed by atoms with E-state index in [1.807, 2.05) is 61.5 Å². The first kappa shape index (κ1) is 18.6. The Bertz CT molecular complexity index is 944. The zero-order valence-corrected chi connectivity index (χ0v) is 15.7. The number of aryl methyl sites for hydroxylation is 2. The van der Waals surface area contributed by atoms with E-state index in [4.69, 9.17) is 0 Å². The number of hydrogen-bond acceptors (Lipinski definition) is 2. The van der Waals surface area contributed by atoms with Crippen LogP contribution in [-0.2, 0) is 17.6 Å². The van der Waals surface area contributed by atoms with Gasteiger partial charge in [-0.15, -0.1) is 0 Å². The first-order valence-corrected chi connectivity index (χ1v) is 9.15. The molecular weight excluding hydrogens is 334 g/mol. The first-order chi connectivity index (χ1) is 13.1. The van der Waals surface area contributed by atoms with E-state index in [0.717, 1.165) is 17.5 Å². The molecule has 3 heteroatoms. The van der Waals surface area contributed by atoms with Crippen molar-refractivity contribution in [1.82, 2.24) is 0 Å². The highest BCUT2D eigenvalue weighted by Crippen LogP contribution is 2.21. The van der Waals surface area contributed by atoms with Crippen LogP contribution in [0.15, 0.2) is 72.8 Å². The quantitative estimate of drug-likeness (QED) is 0.633. The van der Waals surface area contributed by atoms with Crippen LogP contribution in [0.3, 0.4) is 0 Å². The van der Waals surface area contributed by atoms with Gasteiger partial charge < -0.3 is 5.32 Å². The average Bonchev–Trinajstić information content (AvgIpc) is 2.70. The van der Waals surface area contributed by atoms with E-state index in [1.165, 1.54) is 5.56 Å². The molecular formula is C24H23NO2. The van der Waals surface area contributed by atoms with E-state index < -0.39 is 0 Å². The van der Waals surface area contributed by atoms with Gasteiger partial charge in [-0.05, 0) is 36.6 Å². The Morgan fingerprint density at radius 2 is 1.52 bits per heavy atom. The number of carbonyl (C=O) groups excluding carboxylic acids is 2. The highest BCUT2D eigenvalue weighted by molar-refractivity contribution is 6.14. The number of hydrogen-bond donors (Lipinski definition) is 1. The van der Waals surface area contributed by atoms with Crippen LogP contribution in [0.25, 0.3) is 0 Å². The largest absolute Gasteiger partial charge is 0.325 e. The van der Waals surface area contributed by atoms with Crippen LogP contribution in [0.2, 0.25) is 0 Å². The van der Waals surface area contributed by atoms with E-state index in [1.54, 1.807) is 18.2 Å². The summed E-state index contributed by atoms with van der Waals surface area (Å²) in [6.07, 6.45) is 1.25. The summed E-state index contributed by atoms with van der Waals surface area (Å²) in [5.41, 5.74) is 4.83. The summed E-state index contributed by atoms with van der Waals surface area (Å²) in [4.78, 5) is 25.4. The lowest BCUT2D eigenvalue weighted by Crippen LogP contribution is -2.17. The molecule has 3 nitrogen and oxygen atoms in total. The second-order valence-electron chi connectivity index (χ2n) is 6.64. The molecule has 0 unspecified atom stereocenters. The minimum absolute atomic E-state index is 0.0955. The number of benzene rings is 3. The molecule has 0 spiro atoms. The SMILES string of the molecule is CCc1ccc(CC(=O)Nc2ccc(C)cc2C(=O)c2ccccc2)cc1.